The Morgan fingerprint density at radius 2 is 0.842 bits per heavy atom. The lowest BCUT2D eigenvalue weighted by Crippen LogP contribution is -1.91. The van der Waals surface area contributed by atoms with Gasteiger partial charge in [0.15, 0.2) is 0 Å². The van der Waals surface area contributed by atoms with Crippen molar-refractivity contribution in [3.05, 3.63) is 70.8 Å². The zero-order chi connectivity index (χ0) is 13.4. The normalized spacial score (nSPS) is 9.05. The summed E-state index contributed by atoms with van der Waals surface area (Å²) in [5.41, 5.74) is 5.51. The number of hydrogen-bond acceptors (Lipinski definition) is 0. The first-order valence-electron chi connectivity index (χ1n) is 6.85. The smallest absolute Gasteiger partial charge is 0.0238 e. The van der Waals surface area contributed by atoms with Crippen LogP contribution in [0, 0.1) is 13.8 Å². The van der Waals surface area contributed by atoms with E-state index in [0.29, 0.717) is 0 Å². The first kappa shape index (κ1) is 17.4. The maximum absolute atomic E-state index is 2.23. The molecule has 0 aliphatic rings. The summed E-state index contributed by atoms with van der Waals surface area (Å²) in [6, 6.07) is 17.6. The molecule has 0 aliphatic heterocycles. The van der Waals surface area contributed by atoms with E-state index in [1.165, 1.54) is 22.3 Å². The summed E-state index contributed by atoms with van der Waals surface area (Å²) in [5, 5.41) is 0. The topological polar surface area (TPSA) is 0 Å². The molecule has 0 atom stereocenters. The van der Waals surface area contributed by atoms with Crippen molar-refractivity contribution in [1.82, 2.24) is 0 Å². The third kappa shape index (κ3) is 6.24. The Morgan fingerprint density at radius 1 is 0.579 bits per heavy atom. The Hall–Kier alpha value is -1.56. The molecule has 0 bridgehead atoms. The van der Waals surface area contributed by atoms with Crippen molar-refractivity contribution in [2.24, 2.45) is 0 Å². The Morgan fingerprint density at radius 3 is 1.11 bits per heavy atom. The van der Waals surface area contributed by atoms with Crippen LogP contribution < -0.4 is 0 Å². The molecule has 0 spiro atoms. The molecule has 104 valence electrons. The van der Waals surface area contributed by atoms with Crippen molar-refractivity contribution in [3.8, 4) is 0 Å². The van der Waals surface area contributed by atoms with Gasteiger partial charge in [-0.15, -0.1) is 0 Å². The zero-order valence-electron chi connectivity index (χ0n) is 12.0. The van der Waals surface area contributed by atoms with Crippen LogP contribution in [-0.2, 0) is 12.8 Å². The average Bonchev–Trinajstić information content (AvgIpc) is 2.42. The van der Waals surface area contributed by atoms with Gasteiger partial charge in [0.1, 0.15) is 0 Å². The minimum Gasteiger partial charge on any atom is -0.0776 e. The van der Waals surface area contributed by atoms with E-state index < -0.39 is 0 Å². The van der Waals surface area contributed by atoms with E-state index in [2.05, 4.69) is 62.4 Å². The van der Waals surface area contributed by atoms with Crippen LogP contribution in [0.5, 0.6) is 0 Å². The number of benzene rings is 2. The molecule has 19 heavy (non-hydrogen) atoms. The van der Waals surface area contributed by atoms with E-state index in [-0.39, 0.29) is 7.43 Å². The summed E-state index contributed by atoms with van der Waals surface area (Å²) in [6.07, 6.45) is 2.26. The van der Waals surface area contributed by atoms with Crippen molar-refractivity contribution in [3.63, 3.8) is 0 Å². The highest BCUT2D eigenvalue weighted by atomic mass is 14.0. The van der Waals surface area contributed by atoms with Gasteiger partial charge in [0, 0.05) is 0 Å². The fraction of sp³-hybridized carbons (Fsp3) is 0.368. The summed E-state index contributed by atoms with van der Waals surface area (Å²) < 4.78 is 0. The molecule has 0 aromatic heterocycles. The molecule has 0 nitrogen and oxygen atoms in total. The van der Waals surface area contributed by atoms with Crippen LogP contribution in [0.3, 0.4) is 0 Å². The maximum Gasteiger partial charge on any atom is -0.0238 e. The van der Waals surface area contributed by atoms with Gasteiger partial charge in [-0.3, -0.25) is 0 Å². The van der Waals surface area contributed by atoms with Crippen LogP contribution in [-0.4, -0.2) is 0 Å². The second-order valence-corrected chi connectivity index (χ2v) is 4.47. The van der Waals surface area contributed by atoms with Crippen molar-refractivity contribution in [2.45, 2.75) is 48.0 Å². The lowest BCUT2D eigenvalue weighted by molar-refractivity contribution is 0.958. The van der Waals surface area contributed by atoms with E-state index in [0.717, 1.165) is 12.8 Å². The minimum absolute atomic E-state index is 0. The SMILES string of the molecule is C.CC.Cc1ccc(CCc2ccc(C)cc2)cc1. The lowest BCUT2D eigenvalue weighted by Gasteiger charge is -2.03. The van der Waals surface area contributed by atoms with E-state index in [4.69, 9.17) is 0 Å². The highest BCUT2D eigenvalue weighted by molar-refractivity contribution is 5.25. The molecule has 2 rings (SSSR count). The molecular weight excluding hydrogens is 228 g/mol. The summed E-state index contributed by atoms with van der Waals surface area (Å²) in [6.45, 7) is 8.26. The molecule has 0 aliphatic carbocycles. The predicted octanol–water partition coefficient (Wildman–Crippen LogP) is 5.75. The van der Waals surface area contributed by atoms with Gasteiger partial charge in [0.2, 0.25) is 0 Å². The third-order valence-corrected chi connectivity index (χ3v) is 2.94. The number of rotatable bonds is 3. The fourth-order valence-corrected chi connectivity index (χ4v) is 1.80. The molecule has 0 heterocycles. The van der Waals surface area contributed by atoms with Crippen LogP contribution in [0.4, 0.5) is 0 Å². The van der Waals surface area contributed by atoms with Gasteiger partial charge in [0.25, 0.3) is 0 Å². The van der Waals surface area contributed by atoms with Gasteiger partial charge in [0.05, 0.1) is 0 Å². The Balaban J connectivity index is 0.00000103. The van der Waals surface area contributed by atoms with E-state index in [1.54, 1.807) is 0 Å². The molecule has 0 amide bonds. The Kier molecular flexibility index (Phi) is 8.61. The molecule has 0 radical (unpaired) electrons. The van der Waals surface area contributed by atoms with Gasteiger partial charge >= 0.3 is 0 Å². The molecule has 0 heteroatoms. The molecule has 2 aromatic carbocycles. The van der Waals surface area contributed by atoms with Gasteiger partial charge in [-0.1, -0.05) is 80.9 Å². The standard InChI is InChI=1S/C16H18.C2H6.CH4/c1-13-3-7-15(8-4-13)11-12-16-9-5-14(2)6-10-16;1-2;/h3-10H,11-12H2,1-2H3;1-2H3;1H4. The largest absolute Gasteiger partial charge is 0.0776 e. The van der Waals surface area contributed by atoms with Crippen molar-refractivity contribution < 1.29 is 0 Å². The second-order valence-electron chi connectivity index (χ2n) is 4.47. The molecule has 0 saturated heterocycles. The van der Waals surface area contributed by atoms with E-state index >= 15 is 0 Å². The summed E-state index contributed by atoms with van der Waals surface area (Å²) in [7, 11) is 0. The maximum atomic E-state index is 2.23. The predicted molar refractivity (Wildman–Crippen MR) is 87.8 cm³/mol. The molecule has 0 unspecified atom stereocenters. The molecule has 0 saturated carbocycles. The van der Waals surface area contributed by atoms with Crippen LogP contribution in [0.15, 0.2) is 48.5 Å². The Bertz CT molecular complexity index is 389. The van der Waals surface area contributed by atoms with Crippen LogP contribution in [0.25, 0.3) is 0 Å². The monoisotopic (exact) mass is 256 g/mol. The summed E-state index contributed by atoms with van der Waals surface area (Å²) >= 11 is 0. The highest BCUT2D eigenvalue weighted by Gasteiger charge is 1.95. The number of hydrogen-bond donors (Lipinski definition) is 0. The first-order chi connectivity index (χ1) is 8.74. The first-order valence-corrected chi connectivity index (χ1v) is 6.85. The van der Waals surface area contributed by atoms with E-state index in [1.807, 2.05) is 13.8 Å². The molecule has 0 fully saturated rings. The van der Waals surface area contributed by atoms with Crippen molar-refractivity contribution >= 4 is 0 Å². The van der Waals surface area contributed by atoms with Gasteiger partial charge < -0.3 is 0 Å². The van der Waals surface area contributed by atoms with E-state index in [9.17, 15) is 0 Å². The van der Waals surface area contributed by atoms with Gasteiger partial charge in [-0.2, -0.15) is 0 Å². The van der Waals surface area contributed by atoms with Crippen LogP contribution in [0.2, 0.25) is 0 Å². The number of aryl methyl sites for hydroxylation is 4. The van der Waals surface area contributed by atoms with Crippen LogP contribution in [0.1, 0.15) is 43.5 Å². The molecular formula is C19H28. The van der Waals surface area contributed by atoms with Crippen molar-refractivity contribution in [2.75, 3.05) is 0 Å². The highest BCUT2D eigenvalue weighted by Crippen LogP contribution is 2.09. The van der Waals surface area contributed by atoms with Gasteiger partial charge in [-0.25, -0.2) is 0 Å². The molecule has 2 aromatic rings. The fourth-order valence-electron chi connectivity index (χ4n) is 1.80. The zero-order valence-corrected chi connectivity index (χ0v) is 12.0. The Labute approximate surface area is 119 Å². The second kappa shape index (κ2) is 9.38. The quantitative estimate of drug-likeness (QED) is 0.656. The minimum atomic E-state index is 0. The van der Waals surface area contributed by atoms with Crippen LogP contribution >= 0.6 is 0 Å². The summed E-state index contributed by atoms with van der Waals surface area (Å²) in [4.78, 5) is 0. The summed E-state index contributed by atoms with van der Waals surface area (Å²) in [5.74, 6) is 0. The lowest BCUT2D eigenvalue weighted by atomic mass is 10.0. The average molecular weight is 256 g/mol. The third-order valence-electron chi connectivity index (χ3n) is 2.94. The van der Waals surface area contributed by atoms with Gasteiger partial charge in [-0.05, 0) is 37.8 Å². The molecule has 0 N–H and O–H groups in total. The van der Waals surface area contributed by atoms with Crippen molar-refractivity contribution in [1.29, 1.82) is 0 Å².